The lowest BCUT2D eigenvalue weighted by atomic mass is 9.75. The first kappa shape index (κ1) is 18.2. The number of nitrogens with one attached hydrogen (secondary N) is 1. The lowest BCUT2D eigenvalue weighted by Gasteiger charge is -2.40. The number of hydrogen-bond donors (Lipinski definition) is 1. The summed E-state index contributed by atoms with van der Waals surface area (Å²) in [5.74, 6) is 0.0793. The predicted octanol–water partition coefficient (Wildman–Crippen LogP) is 4.61. The van der Waals surface area contributed by atoms with Crippen molar-refractivity contribution in [3.8, 4) is 0 Å². The average Bonchev–Trinajstić information content (AvgIpc) is 3.11. The summed E-state index contributed by atoms with van der Waals surface area (Å²) in [5, 5.41) is 3.29. The minimum absolute atomic E-state index is 0.0793. The van der Waals surface area contributed by atoms with Crippen LogP contribution in [-0.4, -0.2) is 24.4 Å². The number of thioether (sulfide) groups is 1. The van der Waals surface area contributed by atoms with Gasteiger partial charge in [-0.2, -0.15) is 0 Å². The molecule has 140 valence electrons. The second-order valence-corrected chi connectivity index (χ2v) is 8.72. The number of benzene rings is 2. The van der Waals surface area contributed by atoms with Gasteiger partial charge in [-0.05, 0) is 53.6 Å². The van der Waals surface area contributed by atoms with Crippen molar-refractivity contribution in [1.29, 1.82) is 0 Å². The van der Waals surface area contributed by atoms with Crippen LogP contribution >= 0.6 is 11.8 Å². The molecule has 0 saturated carbocycles. The molecule has 2 aliphatic heterocycles. The molecule has 0 aliphatic carbocycles. The van der Waals surface area contributed by atoms with Crippen LogP contribution in [0, 0.1) is 0 Å². The summed E-state index contributed by atoms with van der Waals surface area (Å²) in [7, 11) is 0. The molecule has 2 aromatic rings. The summed E-state index contributed by atoms with van der Waals surface area (Å²) < 4.78 is 0. The third kappa shape index (κ3) is 2.69. The zero-order chi connectivity index (χ0) is 19.2. The third-order valence-corrected chi connectivity index (χ3v) is 6.82. The second-order valence-electron chi connectivity index (χ2n) is 7.84. The van der Waals surface area contributed by atoms with E-state index in [0.717, 1.165) is 17.7 Å². The minimum atomic E-state index is -0.531. The van der Waals surface area contributed by atoms with Gasteiger partial charge in [0, 0.05) is 16.0 Å². The van der Waals surface area contributed by atoms with Crippen molar-refractivity contribution >= 4 is 29.4 Å². The normalized spacial score (nSPS) is 22.8. The fourth-order valence-electron chi connectivity index (χ4n) is 4.37. The molecular formula is C23H26N2OS. The third-order valence-electron chi connectivity index (χ3n) is 6.08. The van der Waals surface area contributed by atoms with Gasteiger partial charge in [-0.1, -0.05) is 51.1 Å². The Morgan fingerprint density at radius 1 is 1.19 bits per heavy atom. The number of amides is 1. The summed E-state index contributed by atoms with van der Waals surface area (Å²) in [6.07, 6.45) is 7.41. The maximum Gasteiger partial charge on any atom is 0.241 e. The minimum Gasteiger partial charge on any atom is -0.335 e. The zero-order valence-electron chi connectivity index (χ0n) is 16.4. The summed E-state index contributed by atoms with van der Waals surface area (Å²) in [4.78, 5) is 15.9. The van der Waals surface area contributed by atoms with Gasteiger partial charge >= 0.3 is 0 Å². The van der Waals surface area contributed by atoms with E-state index >= 15 is 0 Å². The highest BCUT2D eigenvalue weighted by molar-refractivity contribution is 7.98. The molecule has 1 saturated heterocycles. The van der Waals surface area contributed by atoms with Crippen LogP contribution in [0.15, 0.2) is 53.4 Å². The first-order valence-corrected chi connectivity index (χ1v) is 10.7. The fourth-order valence-corrected chi connectivity index (χ4v) is 4.78. The molecule has 1 N–H and O–H groups in total. The van der Waals surface area contributed by atoms with Crippen LogP contribution in [0.2, 0.25) is 0 Å². The molecule has 2 aliphatic rings. The maximum atomic E-state index is 12.4. The van der Waals surface area contributed by atoms with E-state index in [2.05, 4.69) is 91.9 Å². The number of carbonyl (C=O) groups excluding carboxylic acids is 1. The van der Waals surface area contributed by atoms with Gasteiger partial charge in [0.25, 0.3) is 0 Å². The topological polar surface area (TPSA) is 32.3 Å². The number of hydrogen-bond acceptors (Lipinski definition) is 3. The first-order chi connectivity index (χ1) is 12.9. The van der Waals surface area contributed by atoms with Gasteiger partial charge in [0.1, 0.15) is 5.66 Å². The number of carbonyl (C=O) groups is 1. The quantitative estimate of drug-likeness (QED) is 0.789. The monoisotopic (exact) mass is 378 g/mol. The van der Waals surface area contributed by atoms with Crippen LogP contribution in [0.3, 0.4) is 0 Å². The van der Waals surface area contributed by atoms with Gasteiger partial charge in [-0.25, -0.2) is 0 Å². The summed E-state index contributed by atoms with van der Waals surface area (Å²) in [6.45, 7) is 7.05. The van der Waals surface area contributed by atoms with Crippen molar-refractivity contribution in [3.05, 3.63) is 65.2 Å². The largest absolute Gasteiger partial charge is 0.335 e. The number of nitrogens with zero attached hydrogens (tertiary/aromatic N) is 1. The number of aryl methyl sites for hydroxylation is 1. The summed E-state index contributed by atoms with van der Waals surface area (Å²) in [5.41, 5.74) is 4.19. The Bertz CT molecular complexity index is 916. The first-order valence-electron chi connectivity index (χ1n) is 9.46. The van der Waals surface area contributed by atoms with Crippen LogP contribution in [0.4, 0.5) is 5.69 Å². The molecule has 4 rings (SSSR count). The average molecular weight is 379 g/mol. The highest BCUT2D eigenvalue weighted by Crippen LogP contribution is 2.53. The van der Waals surface area contributed by atoms with Gasteiger partial charge in [0.15, 0.2) is 0 Å². The zero-order valence-corrected chi connectivity index (χ0v) is 17.2. The molecule has 0 spiro atoms. The van der Waals surface area contributed by atoms with Crippen molar-refractivity contribution in [1.82, 2.24) is 5.32 Å². The van der Waals surface area contributed by atoms with E-state index in [1.807, 2.05) is 0 Å². The molecule has 0 radical (unpaired) electrons. The predicted molar refractivity (Wildman–Crippen MR) is 114 cm³/mol. The smallest absolute Gasteiger partial charge is 0.241 e. The van der Waals surface area contributed by atoms with Crippen LogP contribution in [0.5, 0.6) is 0 Å². The van der Waals surface area contributed by atoms with Crippen molar-refractivity contribution in [3.63, 3.8) is 0 Å². The van der Waals surface area contributed by atoms with Crippen molar-refractivity contribution < 1.29 is 4.79 Å². The Hall–Kier alpha value is -2.20. The number of rotatable bonds is 4. The van der Waals surface area contributed by atoms with Gasteiger partial charge < -0.3 is 10.2 Å². The molecule has 2 aromatic carbocycles. The Morgan fingerprint density at radius 3 is 2.59 bits per heavy atom. The van der Waals surface area contributed by atoms with Crippen LogP contribution in [-0.2, 0) is 16.6 Å². The van der Waals surface area contributed by atoms with Crippen LogP contribution < -0.4 is 10.2 Å². The summed E-state index contributed by atoms with van der Waals surface area (Å²) in [6, 6.07) is 15.2. The van der Waals surface area contributed by atoms with Crippen molar-refractivity contribution in [2.75, 3.05) is 17.7 Å². The van der Waals surface area contributed by atoms with E-state index in [0.29, 0.717) is 6.54 Å². The molecule has 1 atom stereocenters. The second kappa shape index (κ2) is 6.45. The number of fused-ring (bicyclic) bond motifs is 3. The van der Waals surface area contributed by atoms with E-state index in [9.17, 15) is 4.79 Å². The molecule has 3 nitrogen and oxygen atoms in total. The Morgan fingerprint density at radius 2 is 1.93 bits per heavy atom. The maximum absolute atomic E-state index is 12.4. The van der Waals surface area contributed by atoms with E-state index < -0.39 is 5.66 Å². The lowest BCUT2D eigenvalue weighted by Crippen LogP contribution is -2.58. The highest BCUT2D eigenvalue weighted by Gasteiger charge is 2.59. The van der Waals surface area contributed by atoms with Gasteiger partial charge in [0.2, 0.25) is 5.91 Å². The lowest BCUT2D eigenvalue weighted by molar-refractivity contribution is -0.118. The van der Waals surface area contributed by atoms with E-state index in [-0.39, 0.29) is 11.3 Å². The molecule has 0 unspecified atom stereocenters. The van der Waals surface area contributed by atoms with Gasteiger partial charge in [0.05, 0.1) is 6.54 Å². The molecule has 1 fully saturated rings. The molecule has 0 bridgehead atoms. The van der Waals surface area contributed by atoms with Crippen molar-refractivity contribution in [2.45, 2.75) is 43.2 Å². The molecular weight excluding hydrogens is 352 g/mol. The van der Waals surface area contributed by atoms with E-state index in [1.165, 1.54) is 16.0 Å². The standard InChI is InChI=1S/C23H26N2OS/c1-5-16-8-11-20-19(14-16)22(2,3)23(24-21(26)15-25(20)23)13-12-17-6-9-18(27-4)10-7-17/h6-14H,5,15H2,1-4H3,(H,24,26)/b13-12+/t23-/m1/s1. The van der Waals surface area contributed by atoms with Crippen LogP contribution in [0.25, 0.3) is 6.08 Å². The Labute approximate surface area is 165 Å². The molecule has 1 amide bonds. The molecule has 4 heteroatoms. The Balaban J connectivity index is 1.78. The van der Waals surface area contributed by atoms with E-state index in [1.54, 1.807) is 11.8 Å². The highest BCUT2D eigenvalue weighted by atomic mass is 32.2. The van der Waals surface area contributed by atoms with Crippen LogP contribution in [0.1, 0.15) is 37.5 Å². The molecule has 2 heterocycles. The summed E-state index contributed by atoms with van der Waals surface area (Å²) >= 11 is 1.74. The Kier molecular flexibility index (Phi) is 4.34. The van der Waals surface area contributed by atoms with Gasteiger partial charge in [-0.3, -0.25) is 4.79 Å². The number of anilines is 1. The fraction of sp³-hybridized carbons (Fsp3) is 0.348. The molecule has 27 heavy (non-hydrogen) atoms. The van der Waals surface area contributed by atoms with Crippen molar-refractivity contribution in [2.24, 2.45) is 0 Å². The van der Waals surface area contributed by atoms with Gasteiger partial charge in [-0.15, -0.1) is 11.8 Å². The molecule has 0 aromatic heterocycles. The van der Waals surface area contributed by atoms with E-state index in [4.69, 9.17) is 0 Å². The SMILES string of the molecule is CCc1ccc2c(c1)C(C)(C)[C@]1(/C=C/c3ccc(SC)cc3)NC(=O)CN21.